The predicted molar refractivity (Wildman–Crippen MR) is 117 cm³/mol. The Balaban J connectivity index is 1.66. The number of amides is 4. The number of methoxy groups -OCH3 is 1. The number of benzene rings is 1. The molecule has 174 valence electrons. The largest absolute Gasteiger partial charge is 0.508 e. The molecule has 1 aromatic rings. The number of fused-ring (bicyclic) bond motifs is 4. The van der Waals surface area contributed by atoms with Crippen LogP contribution in [0.5, 0.6) is 11.5 Å². The van der Waals surface area contributed by atoms with Crippen LogP contribution in [0.2, 0.25) is 0 Å². The van der Waals surface area contributed by atoms with Gasteiger partial charge in [-0.3, -0.25) is 29.0 Å². The monoisotopic (exact) mass is 452 g/mol. The third-order valence-corrected chi connectivity index (χ3v) is 8.04. The van der Waals surface area contributed by atoms with E-state index >= 15 is 0 Å². The summed E-state index contributed by atoms with van der Waals surface area (Å²) in [7, 11) is 1.51. The average molecular weight is 453 g/mol. The van der Waals surface area contributed by atoms with Crippen molar-refractivity contribution in [2.45, 2.75) is 32.6 Å². The molecule has 1 aromatic carbocycles. The van der Waals surface area contributed by atoms with Gasteiger partial charge in [-0.05, 0) is 38.7 Å². The van der Waals surface area contributed by atoms with E-state index in [1.54, 1.807) is 26.0 Å². The molecule has 4 amide bonds. The Morgan fingerprint density at radius 2 is 1.55 bits per heavy atom. The Hall–Kier alpha value is -3.16. The van der Waals surface area contributed by atoms with Gasteiger partial charge in [0, 0.05) is 30.6 Å². The van der Waals surface area contributed by atoms with Crippen LogP contribution in [0, 0.1) is 29.6 Å². The summed E-state index contributed by atoms with van der Waals surface area (Å²) in [5.41, 5.74) is 1.43. The molecule has 2 heterocycles. The van der Waals surface area contributed by atoms with Crippen LogP contribution in [0.15, 0.2) is 29.8 Å². The molecule has 33 heavy (non-hydrogen) atoms. The summed E-state index contributed by atoms with van der Waals surface area (Å²) in [6.07, 6.45) is 2.76. The SMILES string of the molecule is CCN1C(=O)C2CC=C3C(CC4C(=O)N(CC)C(=O)C4C3c3ccc(OC)cc3O)C2C1=O. The third kappa shape index (κ3) is 2.89. The number of hydrogen-bond donors (Lipinski definition) is 1. The summed E-state index contributed by atoms with van der Waals surface area (Å²) < 4.78 is 5.22. The predicted octanol–water partition coefficient (Wildman–Crippen LogP) is 2.08. The van der Waals surface area contributed by atoms with Gasteiger partial charge >= 0.3 is 0 Å². The Morgan fingerprint density at radius 1 is 0.909 bits per heavy atom. The molecule has 1 N–H and O–H groups in total. The zero-order valence-electron chi connectivity index (χ0n) is 19.0. The number of imide groups is 2. The number of aromatic hydroxyl groups is 1. The second-order valence-electron chi connectivity index (χ2n) is 9.29. The van der Waals surface area contributed by atoms with Gasteiger partial charge in [-0.2, -0.15) is 0 Å². The highest BCUT2D eigenvalue weighted by atomic mass is 16.5. The summed E-state index contributed by atoms with van der Waals surface area (Å²) in [5.74, 6) is -3.37. The van der Waals surface area contributed by atoms with Crippen LogP contribution in [0.25, 0.3) is 0 Å². The summed E-state index contributed by atoms with van der Waals surface area (Å²) in [4.78, 5) is 55.3. The van der Waals surface area contributed by atoms with Gasteiger partial charge < -0.3 is 9.84 Å². The van der Waals surface area contributed by atoms with Crippen molar-refractivity contribution in [3.05, 3.63) is 35.4 Å². The molecule has 1 saturated carbocycles. The minimum atomic E-state index is -0.634. The summed E-state index contributed by atoms with van der Waals surface area (Å²) in [5, 5.41) is 10.9. The lowest BCUT2D eigenvalue weighted by Gasteiger charge is -2.44. The van der Waals surface area contributed by atoms with Gasteiger partial charge in [-0.1, -0.05) is 17.7 Å². The van der Waals surface area contributed by atoms with E-state index in [1.807, 2.05) is 6.08 Å². The molecule has 0 spiro atoms. The van der Waals surface area contributed by atoms with Crippen LogP contribution in [-0.4, -0.2) is 58.7 Å². The molecule has 2 aliphatic carbocycles. The fraction of sp³-hybridized carbons (Fsp3) is 0.520. The molecule has 0 radical (unpaired) electrons. The molecule has 4 aliphatic rings. The highest BCUT2D eigenvalue weighted by Gasteiger charge is 2.61. The molecule has 5 rings (SSSR count). The van der Waals surface area contributed by atoms with Crippen molar-refractivity contribution in [3.63, 3.8) is 0 Å². The lowest BCUT2D eigenvalue weighted by molar-refractivity contribution is -0.141. The van der Waals surface area contributed by atoms with Gasteiger partial charge in [-0.15, -0.1) is 0 Å². The molecule has 8 nitrogen and oxygen atoms in total. The van der Waals surface area contributed by atoms with E-state index in [2.05, 4.69) is 0 Å². The molecule has 3 fully saturated rings. The minimum absolute atomic E-state index is 0.0130. The highest BCUT2D eigenvalue weighted by molar-refractivity contribution is 6.08. The zero-order valence-corrected chi connectivity index (χ0v) is 19.0. The molecular weight excluding hydrogens is 424 g/mol. The van der Waals surface area contributed by atoms with Crippen molar-refractivity contribution in [1.82, 2.24) is 9.80 Å². The first-order valence-electron chi connectivity index (χ1n) is 11.6. The minimum Gasteiger partial charge on any atom is -0.508 e. The van der Waals surface area contributed by atoms with Crippen molar-refractivity contribution in [2.75, 3.05) is 20.2 Å². The second-order valence-corrected chi connectivity index (χ2v) is 9.29. The second kappa shape index (κ2) is 7.71. The number of carbonyl (C=O) groups is 4. The summed E-state index contributed by atoms with van der Waals surface area (Å²) >= 11 is 0. The first-order chi connectivity index (χ1) is 15.8. The van der Waals surface area contributed by atoms with Gasteiger partial charge in [0.25, 0.3) is 0 Å². The van der Waals surface area contributed by atoms with Gasteiger partial charge in [0.2, 0.25) is 23.6 Å². The number of hydrogen-bond acceptors (Lipinski definition) is 6. The fourth-order valence-corrected chi connectivity index (χ4v) is 6.60. The first-order valence-corrected chi connectivity index (χ1v) is 11.6. The van der Waals surface area contributed by atoms with E-state index in [0.717, 1.165) is 5.57 Å². The Morgan fingerprint density at radius 3 is 2.15 bits per heavy atom. The number of nitrogens with zero attached hydrogens (tertiary/aromatic N) is 2. The van der Waals surface area contributed by atoms with Crippen molar-refractivity contribution in [3.8, 4) is 11.5 Å². The molecule has 6 atom stereocenters. The van der Waals surface area contributed by atoms with E-state index in [4.69, 9.17) is 4.74 Å². The maximum Gasteiger partial charge on any atom is 0.234 e. The number of carbonyl (C=O) groups excluding carboxylic acids is 4. The maximum atomic E-state index is 13.4. The zero-order chi connectivity index (χ0) is 23.6. The summed E-state index contributed by atoms with van der Waals surface area (Å²) in [6, 6.07) is 4.96. The number of allylic oxidation sites excluding steroid dienone is 2. The van der Waals surface area contributed by atoms with E-state index in [-0.39, 0.29) is 41.8 Å². The number of likely N-dealkylation sites (tertiary alicyclic amines) is 2. The van der Waals surface area contributed by atoms with Crippen molar-refractivity contribution in [1.29, 1.82) is 0 Å². The Kier molecular flexibility index (Phi) is 5.06. The standard InChI is InChI=1S/C25H28N2O6/c1-4-26-22(29)15-9-8-13-16(20(15)24(26)31)11-17-21(25(32)27(5-2)23(17)30)19(13)14-7-6-12(33-3)10-18(14)28/h6-8,10,15-17,19-21,28H,4-5,9,11H2,1-3H3. The average Bonchev–Trinajstić information content (AvgIpc) is 3.21. The molecule has 2 aliphatic heterocycles. The van der Waals surface area contributed by atoms with Crippen LogP contribution in [0.1, 0.15) is 38.2 Å². The van der Waals surface area contributed by atoms with E-state index < -0.39 is 29.6 Å². The van der Waals surface area contributed by atoms with E-state index in [0.29, 0.717) is 30.7 Å². The van der Waals surface area contributed by atoms with Gasteiger partial charge in [-0.25, -0.2) is 0 Å². The molecule has 0 aromatic heterocycles. The lowest BCUT2D eigenvalue weighted by atomic mass is 9.57. The summed E-state index contributed by atoms with van der Waals surface area (Å²) in [6.45, 7) is 4.16. The van der Waals surface area contributed by atoms with Gasteiger partial charge in [0.1, 0.15) is 11.5 Å². The quantitative estimate of drug-likeness (QED) is 0.554. The molecular formula is C25H28N2O6. The van der Waals surface area contributed by atoms with Crippen LogP contribution >= 0.6 is 0 Å². The number of rotatable bonds is 4. The smallest absolute Gasteiger partial charge is 0.234 e. The number of phenols is 1. The Bertz CT molecular complexity index is 1090. The maximum absolute atomic E-state index is 13.4. The van der Waals surface area contributed by atoms with Gasteiger partial charge in [0.15, 0.2) is 0 Å². The molecule has 0 bridgehead atoms. The van der Waals surface area contributed by atoms with Crippen molar-refractivity contribution >= 4 is 23.6 Å². The van der Waals surface area contributed by atoms with Crippen LogP contribution in [0.3, 0.4) is 0 Å². The third-order valence-electron chi connectivity index (χ3n) is 8.04. The number of ether oxygens (including phenoxy) is 1. The normalized spacial score (nSPS) is 33.1. The van der Waals surface area contributed by atoms with Crippen LogP contribution < -0.4 is 4.74 Å². The molecule has 6 unspecified atom stereocenters. The first kappa shape index (κ1) is 21.7. The number of phenolic OH excluding ortho intramolecular Hbond substituents is 1. The van der Waals surface area contributed by atoms with Crippen molar-refractivity contribution in [2.24, 2.45) is 29.6 Å². The van der Waals surface area contributed by atoms with E-state index in [9.17, 15) is 24.3 Å². The highest BCUT2D eigenvalue weighted by Crippen LogP contribution is 2.58. The Labute approximate surface area is 192 Å². The fourth-order valence-electron chi connectivity index (χ4n) is 6.60. The lowest BCUT2D eigenvalue weighted by Crippen LogP contribution is -2.43. The van der Waals surface area contributed by atoms with E-state index in [1.165, 1.54) is 23.0 Å². The van der Waals surface area contributed by atoms with Crippen LogP contribution in [-0.2, 0) is 19.2 Å². The van der Waals surface area contributed by atoms with Crippen molar-refractivity contribution < 1.29 is 29.0 Å². The molecule has 8 heteroatoms. The van der Waals surface area contributed by atoms with Crippen LogP contribution in [0.4, 0.5) is 0 Å². The topological polar surface area (TPSA) is 104 Å². The van der Waals surface area contributed by atoms with Gasteiger partial charge in [0.05, 0.1) is 30.8 Å². The molecule has 2 saturated heterocycles.